The van der Waals surface area contributed by atoms with Gasteiger partial charge in [0.25, 0.3) is 5.56 Å². The third-order valence-electron chi connectivity index (χ3n) is 5.19. The second kappa shape index (κ2) is 7.64. The van der Waals surface area contributed by atoms with Crippen molar-refractivity contribution in [3.63, 3.8) is 0 Å². The zero-order valence-electron chi connectivity index (χ0n) is 15.5. The number of para-hydroxylation sites is 1. The minimum atomic E-state index is -0.00467. The van der Waals surface area contributed by atoms with Crippen LogP contribution in [0, 0.1) is 0 Å². The van der Waals surface area contributed by atoms with Crippen LogP contribution in [-0.2, 0) is 24.2 Å². The predicted molar refractivity (Wildman–Crippen MR) is 110 cm³/mol. The maximum atomic E-state index is 13.0. The van der Waals surface area contributed by atoms with Crippen LogP contribution >= 0.6 is 11.3 Å². The lowest BCUT2D eigenvalue weighted by Crippen LogP contribution is -2.32. The molecule has 0 saturated carbocycles. The van der Waals surface area contributed by atoms with Crippen LogP contribution in [0.3, 0.4) is 0 Å². The number of anilines is 1. The quantitative estimate of drug-likeness (QED) is 0.676. The number of aromatic nitrogens is 2. The Morgan fingerprint density at radius 3 is 2.78 bits per heavy atom. The molecule has 140 valence electrons. The average Bonchev–Trinajstić information content (AvgIpc) is 3.08. The van der Waals surface area contributed by atoms with Gasteiger partial charge in [-0.1, -0.05) is 18.2 Å². The van der Waals surface area contributed by atoms with Crippen molar-refractivity contribution < 1.29 is 4.79 Å². The van der Waals surface area contributed by atoms with Crippen molar-refractivity contribution in [3.8, 4) is 0 Å². The molecule has 4 rings (SSSR count). The van der Waals surface area contributed by atoms with Crippen LogP contribution in [0.5, 0.6) is 0 Å². The summed E-state index contributed by atoms with van der Waals surface area (Å²) in [5.41, 5.74) is 2.08. The zero-order valence-corrected chi connectivity index (χ0v) is 16.3. The number of hydrogen-bond acceptors (Lipinski definition) is 4. The van der Waals surface area contributed by atoms with E-state index in [2.05, 4.69) is 4.98 Å². The highest BCUT2D eigenvalue weighted by Gasteiger charge is 2.20. The molecule has 0 fully saturated rings. The summed E-state index contributed by atoms with van der Waals surface area (Å²) in [6.45, 7) is 2.92. The number of carbonyl (C=O) groups is 1. The number of amides is 1. The predicted octanol–water partition coefficient (Wildman–Crippen LogP) is 3.78. The van der Waals surface area contributed by atoms with Gasteiger partial charge in [0.15, 0.2) is 0 Å². The Bertz CT molecular complexity index is 1020. The summed E-state index contributed by atoms with van der Waals surface area (Å²) in [6, 6.07) is 9.64. The van der Waals surface area contributed by atoms with Gasteiger partial charge in [0.2, 0.25) is 5.91 Å². The van der Waals surface area contributed by atoms with E-state index in [9.17, 15) is 9.59 Å². The summed E-state index contributed by atoms with van der Waals surface area (Å²) in [6.07, 6.45) is 6.22. The summed E-state index contributed by atoms with van der Waals surface area (Å²) >= 11 is 1.65. The molecule has 1 amide bonds. The standard InChI is InChI=1S/C21H23N3O2S/c1-2-24(15-8-4-3-5-9-15)18(25)12-13-23-14-22-20-19(21(23)26)16-10-6-7-11-17(16)27-20/h3-5,8-9,14H,2,6-7,10-13H2,1H3. The number of thiophene rings is 1. The lowest BCUT2D eigenvalue weighted by molar-refractivity contribution is -0.118. The van der Waals surface area contributed by atoms with Gasteiger partial charge in [-0.25, -0.2) is 4.98 Å². The maximum absolute atomic E-state index is 13.0. The Kier molecular flexibility index (Phi) is 5.07. The molecule has 0 unspecified atom stereocenters. The van der Waals surface area contributed by atoms with Crippen LogP contribution < -0.4 is 10.5 Å². The van der Waals surface area contributed by atoms with E-state index in [4.69, 9.17) is 0 Å². The second-order valence-corrected chi connectivity index (χ2v) is 7.94. The summed E-state index contributed by atoms with van der Waals surface area (Å²) in [5, 5.41) is 0.778. The van der Waals surface area contributed by atoms with Gasteiger partial charge in [0.05, 0.1) is 11.7 Å². The molecule has 1 aliphatic rings. The van der Waals surface area contributed by atoms with Gasteiger partial charge in [-0.2, -0.15) is 0 Å². The number of carbonyl (C=O) groups excluding carboxylic acids is 1. The van der Waals surface area contributed by atoms with E-state index in [0.717, 1.165) is 35.2 Å². The Morgan fingerprint density at radius 1 is 1.22 bits per heavy atom. The van der Waals surface area contributed by atoms with Gasteiger partial charge < -0.3 is 4.90 Å². The van der Waals surface area contributed by atoms with Gasteiger partial charge in [-0.15, -0.1) is 11.3 Å². The first-order chi connectivity index (χ1) is 13.2. The van der Waals surface area contributed by atoms with Gasteiger partial charge in [-0.05, 0) is 50.3 Å². The zero-order chi connectivity index (χ0) is 18.8. The molecule has 0 aliphatic heterocycles. The monoisotopic (exact) mass is 381 g/mol. The first-order valence-electron chi connectivity index (χ1n) is 9.54. The van der Waals surface area contributed by atoms with Crippen molar-refractivity contribution in [1.29, 1.82) is 0 Å². The fourth-order valence-electron chi connectivity index (χ4n) is 3.80. The summed E-state index contributed by atoms with van der Waals surface area (Å²) in [4.78, 5) is 34.1. The molecule has 5 nitrogen and oxygen atoms in total. The SMILES string of the molecule is CCN(C(=O)CCn1cnc2sc3c(c2c1=O)CCCC3)c1ccccc1. The highest BCUT2D eigenvalue weighted by molar-refractivity contribution is 7.18. The van der Waals surface area contributed by atoms with E-state index < -0.39 is 0 Å². The minimum absolute atomic E-state index is 0.00467. The smallest absolute Gasteiger partial charge is 0.262 e. The second-order valence-electron chi connectivity index (χ2n) is 6.86. The van der Waals surface area contributed by atoms with Crippen LogP contribution in [0.25, 0.3) is 10.2 Å². The highest BCUT2D eigenvalue weighted by atomic mass is 32.1. The van der Waals surface area contributed by atoms with E-state index in [1.807, 2.05) is 37.3 Å². The molecule has 2 heterocycles. The number of rotatable bonds is 5. The molecule has 0 radical (unpaired) electrons. The van der Waals surface area contributed by atoms with E-state index >= 15 is 0 Å². The molecule has 6 heteroatoms. The van der Waals surface area contributed by atoms with Crippen molar-refractivity contribution in [3.05, 3.63) is 57.5 Å². The number of fused-ring (bicyclic) bond motifs is 3. The molecular formula is C21H23N3O2S. The maximum Gasteiger partial charge on any atom is 0.262 e. The molecule has 27 heavy (non-hydrogen) atoms. The number of benzene rings is 1. The molecular weight excluding hydrogens is 358 g/mol. The molecule has 1 aromatic carbocycles. The van der Waals surface area contributed by atoms with E-state index in [1.54, 1.807) is 27.1 Å². The lowest BCUT2D eigenvalue weighted by atomic mass is 9.97. The van der Waals surface area contributed by atoms with Crippen molar-refractivity contribution in [2.45, 2.75) is 45.6 Å². The van der Waals surface area contributed by atoms with Crippen LogP contribution in [0.4, 0.5) is 5.69 Å². The van der Waals surface area contributed by atoms with Crippen molar-refractivity contribution in [1.82, 2.24) is 9.55 Å². The largest absolute Gasteiger partial charge is 0.313 e. The third-order valence-corrected chi connectivity index (χ3v) is 6.39. The number of nitrogens with zero attached hydrogens (tertiary/aromatic N) is 3. The van der Waals surface area contributed by atoms with E-state index in [1.165, 1.54) is 16.9 Å². The average molecular weight is 382 g/mol. The molecule has 1 aliphatic carbocycles. The Morgan fingerprint density at radius 2 is 2.00 bits per heavy atom. The molecule has 2 aromatic heterocycles. The number of hydrogen-bond donors (Lipinski definition) is 0. The molecule has 0 bridgehead atoms. The minimum Gasteiger partial charge on any atom is -0.313 e. The van der Waals surface area contributed by atoms with E-state index in [-0.39, 0.29) is 17.9 Å². The van der Waals surface area contributed by atoms with Crippen molar-refractivity contribution >= 4 is 33.1 Å². The van der Waals surface area contributed by atoms with Crippen LogP contribution in [-0.4, -0.2) is 22.0 Å². The van der Waals surface area contributed by atoms with Crippen LogP contribution in [0.2, 0.25) is 0 Å². The van der Waals surface area contributed by atoms with E-state index in [0.29, 0.717) is 13.1 Å². The topological polar surface area (TPSA) is 55.2 Å². The van der Waals surface area contributed by atoms with Crippen molar-refractivity contribution in [2.75, 3.05) is 11.4 Å². The molecule has 0 spiro atoms. The summed E-state index contributed by atoms with van der Waals surface area (Å²) in [7, 11) is 0. The van der Waals surface area contributed by atoms with Gasteiger partial charge in [-0.3, -0.25) is 14.2 Å². The Hall–Kier alpha value is -2.47. The third kappa shape index (κ3) is 3.41. The normalized spacial score (nSPS) is 13.5. The summed E-state index contributed by atoms with van der Waals surface area (Å²) < 4.78 is 1.60. The van der Waals surface area contributed by atoms with Crippen LogP contribution in [0.1, 0.15) is 36.6 Å². The van der Waals surface area contributed by atoms with Crippen molar-refractivity contribution in [2.24, 2.45) is 0 Å². The lowest BCUT2D eigenvalue weighted by Gasteiger charge is -2.21. The number of aryl methyl sites for hydroxylation is 3. The molecule has 0 atom stereocenters. The Labute approximate surface area is 162 Å². The first kappa shape index (κ1) is 17.9. The molecule has 3 aromatic rings. The van der Waals surface area contributed by atoms with Gasteiger partial charge in [0, 0.05) is 30.1 Å². The van der Waals surface area contributed by atoms with Gasteiger partial charge in [0.1, 0.15) is 4.83 Å². The first-order valence-corrected chi connectivity index (χ1v) is 10.4. The molecule has 0 N–H and O–H groups in total. The molecule has 0 saturated heterocycles. The van der Waals surface area contributed by atoms with Crippen LogP contribution in [0.15, 0.2) is 41.5 Å². The highest BCUT2D eigenvalue weighted by Crippen LogP contribution is 2.33. The fraction of sp³-hybridized carbons (Fsp3) is 0.381. The van der Waals surface area contributed by atoms with Gasteiger partial charge >= 0.3 is 0 Å². The Balaban J connectivity index is 1.56. The summed E-state index contributed by atoms with van der Waals surface area (Å²) in [5.74, 6) is 0.0167. The fourth-order valence-corrected chi connectivity index (χ4v) is 5.02.